The van der Waals surface area contributed by atoms with Crippen LogP contribution in [0.1, 0.15) is 29.8 Å². The van der Waals surface area contributed by atoms with Crippen molar-refractivity contribution in [2.75, 3.05) is 6.54 Å². The molecule has 1 N–H and O–H groups in total. The number of nitrogens with one attached hydrogen (secondary N) is 1. The molecule has 0 atom stereocenters. The zero-order valence-electron chi connectivity index (χ0n) is 13.3. The van der Waals surface area contributed by atoms with Crippen molar-refractivity contribution in [2.24, 2.45) is 0 Å². The van der Waals surface area contributed by atoms with Gasteiger partial charge in [0.1, 0.15) is 0 Å². The largest absolute Gasteiger partial charge is 0.333 e. The highest BCUT2D eigenvalue weighted by molar-refractivity contribution is 5.78. The Morgan fingerprint density at radius 3 is 3.04 bits per heavy atom. The van der Waals surface area contributed by atoms with E-state index >= 15 is 0 Å². The van der Waals surface area contributed by atoms with Crippen molar-refractivity contribution in [3.8, 4) is 0 Å². The zero-order valence-corrected chi connectivity index (χ0v) is 13.3. The smallest absolute Gasteiger partial charge is 0.0952 e. The van der Waals surface area contributed by atoms with Crippen LogP contribution in [0, 0.1) is 0 Å². The fourth-order valence-electron chi connectivity index (χ4n) is 3.38. The highest BCUT2D eigenvalue weighted by Crippen LogP contribution is 2.19. The number of aromatic nitrogens is 3. The van der Waals surface area contributed by atoms with E-state index in [1.807, 2.05) is 18.6 Å². The molecule has 1 aromatic carbocycles. The van der Waals surface area contributed by atoms with E-state index in [1.54, 1.807) is 0 Å². The summed E-state index contributed by atoms with van der Waals surface area (Å²) in [6.45, 7) is 2.83. The van der Waals surface area contributed by atoms with Crippen molar-refractivity contribution in [3.05, 3.63) is 59.8 Å². The summed E-state index contributed by atoms with van der Waals surface area (Å²) in [4.78, 5) is 8.97. The summed E-state index contributed by atoms with van der Waals surface area (Å²) in [7, 11) is 0. The standard InChI is InChI=1S/C19H22N4/c1-2-6-19-17(5-1)22-14-23(19)11-10-20-13-15-7-8-16-4-3-9-21-18(16)12-15/h3-4,7-9,12,14,20H,1-2,5-6,10-11,13H2. The Hall–Kier alpha value is -2.20. The van der Waals surface area contributed by atoms with Crippen LogP contribution in [0.2, 0.25) is 0 Å². The quantitative estimate of drug-likeness (QED) is 0.737. The maximum atomic E-state index is 4.55. The van der Waals surface area contributed by atoms with Crippen molar-refractivity contribution in [2.45, 2.75) is 38.8 Å². The molecule has 0 aliphatic heterocycles. The lowest BCUT2D eigenvalue weighted by Gasteiger charge is -2.14. The van der Waals surface area contributed by atoms with Gasteiger partial charge in [-0.3, -0.25) is 4.98 Å². The van der Waals surface area contributed by atoms with E-state index in [2.05, 4.69) is 44.1 Å². The predicted molar refractivity (Wildman–Crippen MR) is 92.3 cm³/mol. The minimum atomic E-state index is 0.878. The molecule has 0 radical (unpaired) electrons. The van der Waals surface area contributed by atoms with Gasteiger partial charge in [0.15, 0.2) is 0 Å². The Labute approximate surface area is 136 Å². The van der Waals surface area contributed by atoms with Crippen molar-refractivity contribution in [1.29, 1.82) is 0 Å². The van der Waals surface area contributed by atoms with E-state index in [0.29, 0.717) is 0 Å². The van der Waals surface area contributed by atoms with Crippen LogP contribution in [0.3, 0.4) is 0 Å². The Kier molecular flexibility index (Phi) is 4.07. The first-order chi connectivity index (χ1) is 11.4. The van der Waals surface area contributed by atoms with E-state index in [1.165, 1.54) is 41.6 Å². The fraction of sp³-hybridized carbons (Fsp3) is 0.368. The third kappa shape index (κ3) is 3.13. The van der Waals surface area contributed by atoms with Gasteiger partial charge in [0.2, 0.25) is 0 Å². The molecule has 0 unspecified atom stereocenters. The van der Waals surface area contributed by atoms with Gasteiger partial charge in [-0.2, -0.15) is 0 Å². The molecule has 0 amide bonds. The Balaban J connectivity index is 1.33. The molecule has 1 aliphatic rings. The van der Waals surface area contributed by atoms with Gasteiger partial charge in [0.25, 0.3) is 0 Å². The minimum Gasteiger partial charge on any atom is -0.333 e. The number of pyridine rings is 1. The Morgan fingerprint density at radius 2 is 2.04 bits per heavy atom. The Morgan fingerprint density at radius 1 is 1.09 bits per heavy atom. The van der Waals surface area contributed by atoms with E-state index < -0.39 is 0 Å². The molecule has 4 rings (SSSR count). The molecule has 0 fully saturated rings. The summed E-state index contributed by atoms with van der Waals surface area (Å²) in [6, 6.07) is 10.6. The number of hydrogen-bond donors (Lipinski definition) is 1. The second-order valence-corrected chi connectivity index (χ2v) is 6.25. The summed E-state index contributed by atoms with van der Waals surface area (Å²) < 4.78 is 2.32. The summed E-state index contributed by atoms with van der Waals surface area (Å²) in [5.74, 6) is 0. The number of imidazole rings is 1. The molecular weight excluding hydrogens is 284 g/mol. The van der Waals surface area contributed by atoms with Crippen molar-refractivity contribution in [3.63, 3.8) is 0 Å². The molecule has 118 valence electrons. The average Bonchev–Trinajstić information content (AvgIpc) is 3.02. The normalized spacial score (nSPS) is 14.1. The van der Waals surface area contributed by atoms with Crippen molar-refractivity contribution < 1.29 is 0 Å². The lowest BCUT2D eigenvalue weighted by molar-refractivity contribution is 0.562. The first kappa shape index (κ1) is 14.4. The summed E-state index contributed by atoms with van der Waals surface area (Å²) >= 11 is 0. The molecule has 0 spiro atoms. The highest BCUT2D eigenvalue weighted by Gasteiger charge is 2.14. The van der Waals surface area contributed by atoms with E-state index in [-0.39, 0.29) is 0 Å². The summed E-state index contributed by atoms with van der Waals surface area (Å²) in [6.07, 6.45) is 8.79. The SMILES string of the molecule is c1cnc2cc(CNCCn3cnc4c3CCCC4)ccc2c1. The maximum Gasteiger partial charge on any atom is 0.0952 e. The van der Waals surface area contributed by atoms with Crippen molar-refractivity contribution >= 4 is 10.9 Å². The van der Waals surface area contributed by atoms with Gasteiger partial charge in [0, 0.05) is 36.9 Å². The molecule has 4 nitrogen and oxygen atoms in total. The average molecular weight is 306 g/mol. The number of rotatable bonds is 5. The lowest BCUT2D eigenvalue weighted by atomic mass is 10.0. The molecule has 2 heterocycles. The fourth-order valence-corrected chi connectivity index (χ4v) is 3.38. The molecular formula is C19H22N4. The molecule has 0 saturated carbocycles. The van der Waals surface area contributed by atoms with E-state index in [0.717, 1.165) is 31.6 Å². The number of hydrogen-bond acceptors (Lipinski definition) is 3. The van der Waals surface area contributed by atoms with E-state index in [9.17, 15) is 0 Å². The van der Waals surface area contributed by atoms with Crippen LogP contribution in [0.15, 0.2) is 42.9 Å². The third-order valence-corrected chi connectivity index (χ3v) is 4.64. The number of nitrogens with zero attached hydrogens (tertiary/aromatic N) is 3. The summed E-state index contributed by atoms with van der Waals surface area (Å²) in [5, 5.41) is 4.73. The number of aryl methyl sites for hydroxylation is 1. The molecule has 4 heteroatoms. The first-order valence-electron chi connectivity index (χ1n) is 8.47. The van der Waals surface area contributed by atoms with Gasteiger partial charge in [-0.1, -0.05) is 18.2 Å². The van der Waals surface area contributed by atoms with Gasteiger partial charge in [-0.15, -0.1) is 0 Å². The monoisotopic (exact) mass is 306 g/mol. The third-order valence-electron chi connectivity index (χ3n) is 4.64. The van der Waals surface area contributed by atoms with Crippen LogP contribution in [0.25, 0.3) is 10.9 Å². The van der Waals surface area contributed by atoms with Crippen LogP contribution < -0.4 is 5.32 Å². The maximum absolute atomic E-state index is 4.55. The van der Waals surface area contributed by atoms with Gasteiger partial charge in [-0.25, -0.2) is 4.98 Å². The first-order valence-corrected chi connectivity index (χ1v) is 8.47. The molecule has 3 aromatic rings. The number of benzene rings is 1. The van der Waals surface area contributed by atoms with Gasteiger partial charge < -0.3 is 9.88 Å². The van der Waals surface area contributed by atoms with Crippen LogP contribution in [-0.4, -0.2) is 21.1 Å². The Bertz CT molecular complexity index is 806. The lowest BCUT2D eigenvalue weighted by Crippen LogP contribution is -2.20. The topological polar surface area (TPSA) is 42.7 Å². The van der Waals surface area contributed by atoms with Gasteiger partial charge >= 0.3 is 0 Å². The second-order valence-electron chi connectivity index (χ2n) is 6.25. The van der Waals surface area contributed by atoms with Crippen LogP contribution in [-0.2, 0) is 25.9 Å². The van der Waals surface area contributed by atoms with Gasteiger partial charge in [-0.05, 0) is 43.4 Å². The second kappa shape index (κ2) is 6.50. The minimum absolute atomic E-state index is 0.878. The van der Waals surface area contributed by atoms with Gasteiger partial charge in [0.05, 0.1) is 17.5 Å². The number of fused-ring (bicyclic) bond motifs is 2. The van der Waals surface area contributed by atoms with Crippen LogP contribution in [0.4, 0.5) is 0 Å². The molecule has 1 aliphatic carbocycles. The van der Waals surface area contributed by atoms with Crippen LogP contribution in [0.5, 0.6) is 0 Å². The highest BCUT2D eigenvalue weighted by atomic mass is 15.1. The molecule has 0 bridgehead atoms. The molecule has 23 heavy (non-hydrogen) atoms. The predicted octanol–water partition coefficient (Wildman–Crippen LogP) is 3.10. The zero-order chi connectivity index (χ0) is 15.5. The molecule has 0 saturated heterocycles. The van der Waals surface area contributed by atoms with Crippen molar-refractivity contribution in [1.82, 2.24) is 19.9 Å². The summed E-state index contributed by atoms with van der Waals surface area (Å²) in [5.41, 5.74) is 5.11. The van der Waals surface area contributed by atoms with E-state index in [4.69, 9.17) is 0 Å². The van der Waals surface area contributed by atoms with Crippen LogP contribution >= 0.6 is 0 Å². The molecule has 2 aromatic heterocycles.